The van der Waals surface area contributed by atoms with Crippen LogP contribution in [-0.2, 0) is 11.3 Å². The van der Waals surface area contributed by atoms with E-state index in [-0.39, 0.29) is 5.97 Å². The molecule has 0 saturated carbocycles. The Kier molecular flexibility index (Phi) is 3.67. The third-order valence-electron chi connectivity index (χ3n) is 2.61. The van der Waals surface area contributed by atoms with E-state index in [0.29, 0.717) is 17.3 Å². The Balaban J connectivity index is 2.43. The Morgan fingerprint density at radius 1 is 1.39 bits per heavy atom. The van der Waals surface area contributed by atoms with Gasteiger partial charge in [-0.05, 0) is 25.1 Å². The molecule has 18 heavy (non-hydrogen) atoms. The van der Waals surface area contributed by atoms with E-state index in [4.69, 9.17) is 16.3 Å². The molecule has 0 unspecified atom stereocenters. The van der Waals surface area contributed by atoms with Gasteiger partial charge in [-0.2, -0.15) is 5.10 Å². The van der Waals surface area contributed by atoms with Gasteiger partial charge in [0.05, 0.1) is 12.8 Å². The summed E-state index contributed by atoms with van der Waals surface area (Å²) in [6, 6.07) is 9.04. The number of aryl methyl sites for hydroxylation is 1. The first-order chi connectivity index (χ1) is 8.65. The van der Waals surface area contributed by atoms with Gasteiger partial charge in [0.2, 0.25) is 0 Å². The fourth-order valence-electron chi connectivity index (χ4n) is 1.69. The van der Waals surface area contributed by atoms with Gasteiger partial charge in [0, 0.05) is 17.1 Å². The van der Waals surface area contributed by atoms with Crippen molar-refractivity contribution >= 4 is 17.6 Å². The molecule has 0 saturated heterocycles. The van der Waals surface area contributed by atoms with Gasteiger partial charge in [0.25, 0.3) is 0 Å². The summed E-state index contributed by atoms with van der Waals surface area (Å²) in [6.45, 7) is 2.53. The number of nitrogens with zero attached hydrogens (tertiary/aromatic N) is 2. The Labute approximate surface area is 110 Å². The number of carbonyl (C=O) groups is 1. The molecular weight excluding hydrogens is 252 g/mol. The van der Waals surface area contributed by atoms with Gasteiger partial charge in [0.15, 0.2) is 0 Å². The molecule has 0 spiro atoms. The number of rotatable bonds is 3. The maximum absolute atomic E-state index is 11.6. The van der Waals surface area contributed by atoms with E-state index in [9.17, 15) is 4.79 Å². The van der Waals surface area contributed by atoms with E-state index in [2.05, 4.69) is 5.10 Å². The molecule has 0 aliphatic carbocycles. The molecule has 1 heterocycles. The summed E-state index contributed by atoms with van der Waals surface area (Å²) < 4.78 is 6.35. The molecule has 0 aliphatic heterocycles. The Morgan fingerprint density at radius 3 is 2.61 bits per heavy atom. The van der Waals surface area contributed by atoms with Crippen LogP contribution in [0.4, 0.5) is 0 Å². The number of ether oxygens (including phenoxy) is 1. The van der Waals surface area contributed by atoms with E-state index in [1.165, 1.54) is 7.11 Å². The first-order valence-electron chi connectivity index (χ1n) is 5.57. The third kappa shape index (κ3) is 2.38. The van der Waals surface area contributed by atoms with Crippen molar-refractivity contribution in [1.29, 1.82) is 0 Å². The fourth-order valence-corrected chi connectivity index (χ4v) is 1.81. The second-order valence-electron chi connectivity index (χ2n) is 3.73. The number of carbonyl (C=O) groups excluding carboxylic acids is 1. The maximum Gasteiger partial charge on any atom is 0.356 e. The summed E-state index contributed by atoms with van der Waals surface area (Å²) in [5, 5.41) is 5.04. The van der Waals surface area contributed by atoms with Crippen molar-refractivity contribution in [1.82, 2.24) is 9.78 Å². The zero-order valence-electron chi connectivity index (χ0n) is 10.2. The molecule has 0 bridgehead atoms. The van der Waals surface area contributed by atoms with Crippen LogP contribution in [0.1, 0.15) is 17.4 Å². The van der Waals surface area contributed by atoms with Gasteiger partial charge < -0.3 is 4.74 Å². The quantitative estimate of drug-likeness (QED) is 0.801. The van der Waals surface area contributed by atoms with E-state index < -0.39 is 0 Å². The fraction of sp³-hybridized carbons (Fsp3) is 0.231. The molecule has 0 fully saturated rings. The molecule has 0 atom stereocenters. The second kappa shape index (κ2) is 5.23. The van der Waals surface area contributed by atoms with Crippen LogP contribution < -0.4 is 0 Å². The van der Waals surface area contributed by atoms with E-state index in [1.54, 1.807) is 22.9 Å². The SMILES string of the molecule is CCn1nc(-c2ccc(Cl)cc2)cc1C(=O)OC. The number of esters is 1. The molecule has 4 nitrogen and oxygen atoms in total. The molecule has 5 heteroatoms. The molecule has 0 aliphatic rings. The van der Waals surface area contributed by atoms with Crippen LogP contribution in [0.2, 0.25) is 5.02 Å². The first-order valence-corrected chi connectivity index (χ1v) is 5.95. The van der Waals surface area contributed by atoms with Crippen molar-refractivity contribution in [3.8, 4) is 11.3 Å². The van der Waals surface area contributed by atoms with Crippen molar-refractivity contribution in [3.05, 3.63) is 41.0 Å². The van der Waals surface area contributed by atoms with Crippen molar-refractivity contribution in [2.45, 2.75) is 13.5 Å². The van der Waals surface area contributed by atoms with Gasteiger partial charge in [-0.1, -0.05) is 23.7 Å². The average Bonchev–Trinajstić information content (AvgIpc) is 2.82. The maximum atomic E-state index is 11.6. The van der Waals surface area contributed by atoms with Gasteiger partial charge in [0.1, 0.15) is 5.69 Å². The summed E-state index contributed by atoms with van der Waals surface area (Å²) in [7, 11) is 1.36. The van der Waals surface area contributed by atoms with Gasteiger partial charge in [-0.3, -0.25) is 4.68 Å². The van der Waals surface area contributed by atoms with E-state index in [1.807, 2.05) is 19.1 Å². The first kappa shape index (κ1) is 12.6. The summed E-state index contributed by atoms with van der Waals surface area (Å²) in [4.78, 5) is 11.6. The predicted molar refractivity (Wildman–Crippen MR) is 69.7 cm³/mol. The number of aromatic nitrogens is 2. The molecule has 94 valence electrons. The van der Waals surface area contributed by atoms with E-state index in [0.717, 1.165) is 11.3 Å². The van der Waals surface area contributed by atoms with Crippen LogP contribution in [0, 0.1) is 0 Å². The standard InChI is InChI=1S/C13H13ClN2O2/c1-3-16-12(13(17)18-2)8-11(15-16)9-4-6-10(14)7-5-9/h4-8H,3H2,1-2H3. The predicted octanol–water partition coefficient (Wildman–Crippen LogP) is 3.01. The second-order valence-corrected chi connectivity index (χ2v) is 4.17. The Morgan fingerprint density at radius 2 is 2.06 bits per heavy atom. The van der Waals surface area contributed by atoms with Crippen LogP contribution in [0.15, 0.2) is 30.3 Å². The molecule has 0 radical (unpaired) electrons. The largest absolute Gasteiger partial charge is 0.464 e. The lowest BCUT2D eigenvalue weighted by Gasteiger charge is -2.00. The van der Waals surface area contributed by atoms with Crippen molar-refractivity contribution < 1.29 is 9.53 Å². The Hall–Kier alpha value is -1.81. The van der Waals surface area contributed by atoms with Gasteiger partial charge in [-0.15, -0.1) is 0 Å². The lowest BCUT2D eigenvalue weighted by atomic mass is 10.1. The van der Waals surface area contributed by atoms with Gasteiger partial charge >= 0.3 is 5.97 Å². The minimum Gasteiger partial charge on any atom is -0.464 e. The zero-order chi connectivity index (χ0) is 13.1. The summed E-state index contributed by atoms with van der Waals surface area (Å²) in [5.41, 5.74) is 2.09. The summed E-state index contributed by atoms with van der Waals surface area (Å²) in [6.07, 6.45) is 0. The minimum absolute atomic E-state index is 0.385. The average molecular weight is 265 g/mol. The normalized spacial score (nSPS) is 10.4. The molecule has 2 aromatic rings. The summed E-state index contributed by atoms with van der Waals surface area (Å²) >= 11 is 5.84. The zero-order valence-corrected chi connectivity index (χ0v) is 10.9. The lowest BCUT2D eigenvalue weighted by Crippen LogP contribution is -2.10. The molecule has 2 rings (SSSR count). The molecule has 1 aromatic heterocycles. The smallest absolute Gasteiger partial charge is 0.356 e. The topological polar surface area (TPSA) is 44.1 Å². The number of hydrogen-bond donors (Lipinski definition) is 0. The van der Waals surface area contributed by atoms with Crippen LogP contribution in [0.3, 0.4) is 0 Å². The van der Waals surface area contributed by atoms with E-state index >= 15 is 0 Å². The monoisotopic (exact) mass is 264 g/mol. The van der Waals surface area contributed by atoms with Gasteiger partial charge in [-0.25, -0.2) is 4.79 Å². The van der Waals surface area contributed by atoms with Crippen LogP contribution >= 0.6 is 11.6 Å². The summed E-state index contributed by atoms with van der Waals surface area (Å²) in [5.74, 6) is -0.385. The number of methoxy groups -OCH3 is 1. The third-order valence-corrected chi connectivity index (χ3v) is 2.87. The highest BCUT2D eigenvalue weighted by atomic mass is 35.5. The van der Waals surface area contributed by atoms with Crippen molar-refractivity contribution in [2.75, 3.05) is 7.11 Å². The minimum atomic E-state index is -0.385. The molecule has 0 N–H and O–H groups in total. The number of hydrogen-bond acceptors (Lipinski definition) is 3. The highest BCUT2D eigenvalue weighted by Gasteiger charge is 2.15. The highest BCUT2D eigenvalue weighted by Crippen LogP contribution is 2.21. The van der Waals surface area contributed by atoms with Crippen LogP contribution in [0.5, 0.6) is 0 Å². The lowest BCUT2D eigenvalue weighted by molar-refractivity contribution is 0.0587. The number of benzene rings is 1. The van der Waals surface area contributed by atoms with Crippen LogP contribution in [-0.4, -0.2) is 22.9 Å². The highest BCUT2D eigenvalue weighted by molar-refractivity contribution is 6.30. The van der Waals surface area contributed by atoms with Crippen molar-refractivity contribution in [3.63, 3.8) is 0 Å². The van der Waals surface area contributed by atoms with Crippen molar-refractivity contribution in [2.24, 2.45) is 0 Å². The molecular formula is C13H13ClN2O2. The van der Waals surface area contributed by atoms with Crippen LogP contribution in [0.25, 0.3) is 11.3 Å². The molecule has 1 aromatic carbocycles. The number of halogens is 1. The molecule has 0 amide bonds. The Bertz CT molecular complexity index is 561.